The minimum atomic E-state index is -0.731. The lowest BCUT2D eigenvalue weighted by Gasteiger charge is -2.20. The third kappa shape index (κ3) is 5.35. The van der Waals surface area contributed by atoms with Gasteiger partial charge >= 0.3 is 6.03 Å². The molecular weight excluding hydrogens is 302 g/mol. The van der Waals surface area contributed by atoms with Crippen molar-refractivity contribution in [3.05, 3.63) is 65.5 Å². The number of pyridine rings is 1. The topological polar surface area (TPSA) is 74.2 Å². The van der Waals surface area contributed by atoms with Crippen molar-refractivity contribution < 1.29 is 9.90 Å². The van der Waals surface area contributed by atoms with E-state index in [4.69, 9.17) is 0 Å². The predicted octanol–water partition coefficient (Wildman–Crippen LogP) is 2.91. The van der Waals surface area contributed by atoms with E-state index >= 15 is 0 Å². The summed E-state index contributed by atoms with van der Waals surface area (Å²) in [7, 11) is 0. The van der Waals surface area contributed by atoms with Gasteiger partial charge in [0.1, 0.15) is 0 Å². The quantitative estimate of drug-likeness (QED) is 0.790. The van der Waals surface area contributed by atoms with E-state index in [0.29, 0.717) is 6.54 Å². The summed E-state index contributed by atoms with van der Waals surface area (Å²) in [6.07, 6.45) is 2.63. The third-order valence-electron chi connectivity index (χ3n) is 3.82. The Bertz CT molecular complexity index is 649. The maximum atomic E-state index is 11.8. The predicted molar refractivity (Wildman–Crippen MR) is 94.6 cm³/mol. The molecule has 0 bridgehead atoms. The monoisotopic (exact) mass is 327 g/mol. The maximum Gasteiger partial charge on any atom is 0.315 e. The van der Waals surface area contributed by atoms with Crippen LogP contribution in [0.1, 0.15) is 43.6 Å². The second kappa shape index (κ2) is 7.93. The molecule has 128 valence electrons. The van der Waals surface area contributed by atoms with Gasteiger partial charge in [-0.1, -0.05) is 45.0 Å². The fourth-order valence-corrected chi connectivity index (χ4v) is 2.26. The summed E-state index contributed by atoms with van der Waals surface area (Å²) in [4.78, 5) is 15.7. The van der Waals surface area contributed by atoms with Crippen molar-refractivity contribution >= 4 is 6.03 Å². The van der Waals surface area contributed by atoms with Gasteiger partial charge in [0.05, 0.1) is 6.10 Å². The van der Waals surface area contributed by atoms with Crippen LogP contribution >= 0.6 is 0 Å². The molecule has 1 atom stereocenters. The van der Waals surface area contributed by atoms with Gasteiger partial charge in [-0.25, -0.2) is 4.79 Å². The zero-order valence-corrected chi connectivity index (χ0v) is 14.4. The van der Waals surface area contributed by atoms with E-state index in [9.17, 15) is 9.90 Å². The number of hydrogen-bond acceptors (Lipinski definition) is 3. The van der Waals surface area contributed by atoms with Crippen molar-refractivity contribution in [1.29, 1.82) is 0 Å². The molecule has 5 nitrogen and oxygen atoms in total. The number of amides is 2. The average Bonchev–Trinajstić information content (AvgIpc) is 2.58. The highest BCUT2D eigenvalue weighted by molar-refractivity contribution is 5.73. The van der Waals surface area contributed by atoms with Crippen LogP contribution in [-0.2, 0) is 12.0 Å². The lowest BCUT2D eigenvalue weighted by molar-refractivity contribution is 0.173. The van der Waals surface area contributed by atoms with E-state index in [0.717, 1.165) is 11.1 Å². The van der Waals surface area contributed by atoms with Gasteiger partial charge in [0.25, 0.3) is 0 Å². The molecule has 0 radical (unpaired) electrons. The van der Waals surface area contributed by atoms with Crippen molar-refractivity contribution in [2.24, 2.45) is 0 Å². The Hall–Kier alpha value is -2.40. The van der Waals surface area contributed by atoms with E-state index in [1.54, 1.807) is 12.4 Å². The van der Waals surface area contributed by atoms with E-state index in [2.05, 4.69) is 36.4 Å². The van der Waals surface area contributed by atoms with Crippen molar-refractivity contribution in [2.45, 2.75) is 38.8 Å². The highest BCUT2D eigenvalue weighted by Gasteiger charge is 2.15. The van der Waals surface area contributed by atoms with E-state index in [-0.39, 0.29) is 18.0 Å². The van der Waals surface area contributed by atoms with Gasteiger partial charge in [0, 0.05) is 25.5 Å². The first-order valence-corrected chi connectivity index (χ1v) is 8.05. The Balaban J connectivity index is 1.80. The SMILES string of the molecule is CC(C)(C)c1ccc(C(O)CNC(=O)NCc2ccncc2)cc1. The molecule has 0 saturated carbocycles. The van der Waals surface area contributed by atoms with Gasteiger partial charge in [-0.2, -0.15) is 0 Å². The number of rotatable bonds is 5. The smallest absolute Gasteiger partial charge is 0.315 e. The Labute approximate surface area is 143 Å². The van der Waals surface area contributed by atoms with E-state index < -0.39 is 6.10 Å². The standard InChI is InChI=1S/C19H25N3O2/c1-19(2,3)16-6-4-15(5-7-16)17(23)13-22-18(24)21-12-14-8-10-20-11-9-14/h4-11,17,23H,12-13H2,1-3H3,(H2,21,22,24). The Morgan fingerprint density at radius 2 is 1.71 bits per heavy atom. The molecule has 1 heterocycles. The molecule has 0 aliphatic rings. The molecular formula is C19H25N3O2. The minimum absolute atomic E-state index is 0.0780. The highest BCUT2D eigenvalue weighted by atomic mass is 16.3. The molecule has 1 aromatic heterocycles. The summed E-state index contributed by atoms with van der Waals surface area (Å²) in [6, 6.07) is 11.2. The first-order valence-electron chi connectivity index (χ1n) is 8.05. The lowest BCUT2D eigenvalue weighted by Crippen LogP contribution is -2.37. The van der Waals surface area contributed by atoms with Crippen LogP contribution in [-0.4, -0.2) is 22.7 Å². The molecule has 1 aromatic carbocycles. The Morgan fingerprint density at radius 1 is 1.08 bits per heavy atom. The van der Waals surface area contributed by atoms with E-state index in [1.165, 1.54) is 5.56 Å². The molecule has 0 aliphatic carbocycles. The van der Waals surface area contributed by atoms with Crippen LogP contribution in [0.3, 0.4) is 0 Å². The molecule has 0 aliphatic heterocycles. The zero-order valence-electron chi connectivity index (χ0n) is 14.4. The number of urea groups is 1. The molecule has 5 heteroatoms. The van der Waals surface area contributed by atoms with Gasteiger partial charge in [-0.15, -0.1) is 0 Å². The van der Waals surface area contributed by atoms with Crippen molar-refractivity contribution in [3.8, 4) is 0 Å². The van der Waals surface area contributed by atoms with Crippen LogP contribution in [0.5, 0.6) is 0 Å². The molecule has 0 fully saturated rings. The van der Waals surface area contributed by atoms with Crippen LogP contribution in [0.2, 0.25) is 0 Å². The summed E-state index contributed by atoms with van der Waals surface area (Å²) in [5, 5.41) is 15.6. The number of nitrogens with zero attached hydrogens (tertiary/aromatic N) is 1. The van der Waals surface area contributed by atoms with Crippen molar-refractivity contribution in [3.63, 3.8) is 0 Å². The zero-order chi connectivity index (χ0) is 17.6. The third-order valence-corrected chi connectivity index (χ3v) is 3.82. The van der Waals surface area contributed by atoms with Crippen LogP contribution in [0.15, 0.2) is 48.8 Å². The molecule has 3 N–H and O–H groups in total. The number of carbonyl (C=O) groups excluding carboxylic acids is 1. The Kier molecular flexibility index (Phi) is 5.93. The molecule has 24 heavy (non-hydrogen) atoms. The average molecular weight is 327 g/mol. The van der Waals surface area contributed by atoms with Crippen LogP contribution in [0.4, 0.5) is 4.79 Å². The largest absolute Gasteiger partial charge is 0.387 e. The molecule has 2 aromatic rings. The number of hydrogen-bond donors (Lipinski definition) is 3. The first-order chi connectivity index (χ1) is 11.4. The highest BCUT2D eigenvalue weighted by Crippen LogP contribution is 2.23. The lowest BCUT2D eigenvalue weighted by atomic mass is 9.86. The summed E-state index contributed by atoms with van der Waals surface area (Å²) in [5.41, 5.74) is 3.05. The molecule has 2 rings (SSSR count). The first kappa shape index (κ1) is 17.9. The van der Waals surface area contributed by atoms with E-state index in [1.807, 2.05) is 36.4 Å². The van der Waals surface area contributed by atoms with Crippen LogP contribution < -0.4 is 10.6 Å². The number of carbonyl (C=O) groups is 1. The summed E-state index contributed by atoms with van der Waals surface area (Å²) >= 11 is 0. The number of nitrogens with one attached hydrogen (secondary N) is 2. The van der Waals surface area contributed by atoms with Crippen molar-refractivity contribution in [1.82, 2.24) is 15.6 Å². The second-order valence-corrected chi connectivity index (χ2v) is 6.81. The summed E-state index contributed by atoms with van der Waals surface area (Å²) in [5.74, 6) is 0. The van der Waals surface area contributed by atoms with Crippen LogP contribution in [0.25, 0.3) is 0 Å². The minimum Gasteiger partial charge on any atom is -0.387 e. The summed E-state index contributed by atoms with van der Waals surface area (Å²) in [6.45, 7) is 7.02. The molecule has 2 amide bonds. The fourth-order valence-electron chi connectivity index (χ4n) is 2.26. The van der Waals surface area contributed by atoms with Gasteiger partial charge in [0.15, 0.2) is 0 Å². The fraction of sp³-hybridized carbons (Fsp3) is 0.368. The maximum absolute atomic E-state index is 11.8. The van der Waals surface area contributed by atoms with Gasteiger partial charge in [-0.05, 0) is 34.2 Å². The van der Waals surface area contributed by atoms with Crippen molar-refractivity contribution in [2.75, 3.05) is 6.54 Å². The number of aliphatic hydroxyl groups is 1. The van der Waals surface area contributed by atoms with Gasteiger partial charge < -0.3 is 15.7 Å². The Morgan fingerprint density at radius 3 is 2.29 bits per heavy atom. The summed E-state index contributed by atoms with van der Waals surface area (Å²) < 4.78 is 0. The van der Waals surface area contributed by atoms with Crippen LogP contribution in [0, 0.1) is 0 Å². The molecule has 0 spiro atoms. The molecule has 1 unspecified atom stereocenters. The van der Waals surface area contributed by atoms with Gasteiger partial charge in [-0.3, -0.25) is 4.98 Å². The number of aromatic nitrogens is 1. The number of benzene rings is 1. The second-order valence-electron chi connectivity index (χ2n) is 6.81. The normalized spacial score (nSPS) is 12.5. The number of aliphatic hydroxyl groups excluding tert-OH is 1. The van der Waals surface area contributed by atoms with Gasteiger partial charge in [0.2, 0.25) is 0 Å². The molecule has 0 saturated heterocycles.